The molecule has 0 aromatic carbocycles. The molecule has 0 spiro atoms. The summed E-state index contributed by atoms with van der Waals surface area (Å²) in [6, 6.07) is 6.18. The lowest BCUT2D eigenvalue weighted by Crippen LogP contribution is -1.90. The highest BCUT2D eigenvalue weighted by Gasteiger charge is 2.13. The second-order valence-electron chi connectivity index (χ2n) is 2.88. The summed E-state index contributed by atoms with van der Waals surface area (Å²) in [5, 5.41) is 5.00. The molecule has 1 unspecified atom stereocenters. The van der Waals surface area contributed by atoms with E-state index in [-0.39, 0.29) is 0 Å². The van der Waals surface area contributed by atoms with Crippen LogP contribution in [0, 0.1) is 0 Å². The lowest BCUT2D eigenvalue weighted by Gasteiger charge is -2.06. The smallest absolute Gasteiger partial charge is 0.0556 e. The van der Waals surface area contributed by atoms with Crippen LogP contribution in [0.25, 0.3) is 0 Å². The maximum absolute atomic E-state index is 6.06. The van der Waals surface area contributed by atoms with Crippen LogP contribution < -0.4 is 0 Å². The van der Waals surface area contributed by atoms with Crippen LogP contribution in [0.1, 0.15) is 14.6 Å². The second-order valence-corrected chi connectivity index (χ2v) is 6.38. The Hall–Kier alpha value is 0.170. The molecule has 0 aliphatic carbocycles. The zero-order valence-corrected chi connectivity index (χ0v) is 11.2. The third kappa shape index (κ3) is 2.40. The van der Waals surface area contributed by atoms with E-state index < -0.39 is 0 Å². The molecule has 1 atom stereocenters. The van der Waals surface area contributed by atoms with Crippen molar-refractivity contribution in [2.75, 3.05) is 0 Å². The van der Waals surface area contributed by atoms with Crippen molar-refractivity contribution in [2.24, 2.45) is 0 Å². The van der Waals surface area contributed by atoms with Gasteiger partial charge in [0.15, 0.2) is 0 Å². The maximum atomic E-state index is 6.06. The second kappa shape index (κ2) is 4.79. The molecule has 0 fully saturated rings. The molecule has 4 heteroatoms. The zero-order valence-electron chi connectivity index (χ0n) is 7.24. The van der Waals surface area contributed by atoms with Crippen LogP contribution in [-0.4, -0.2) is 0 Å². The Balaban J connectivity index is 2.10. The zero-order chi connectivity index (χ0) is 9.97. The van der Waals surface area contributed by atoms with Gasteiger partial charge in [-0.3, -0.25) is 0 Å². The van der Waals surface area contributed by atoms with Crippen molar-refractivity contribution < 1.29 is 0 Å². The number of hydrogen-bond donors (Lipinski definition) is 0. The average Bonchev–Trinajstić information content (AvgIpc) is 2.75. The van der Waals surface area contributed by atoms with Gasteiger partial charge in [-0.05, 0) is 29.3 Å². The summed E-state index contributed by atoms with van der Waals surface area (Å²) in [5.74, 6) is 0. The maximum Gasteiger partial charge on any atom is 0.0556 e. The van der Waals surface area contributed by atoms with Crippen molar-refractivity contribution in [1.82, 2.24) is 0 Å². The summed E-state index contributed by atoms with van der Waals surface area (Å²) in [6.07, 6.45) is 1.01. The average molecular weight is 308 g/mol. The van der Waals surface area contributed by atoms with E-state index in [0.29, 0.717) is 4.83 Å². The van der Waals surface area contributed by atoms with E-state index in [2.05, 4.69) is 33.4 Å². The van der Waals surface area contributed by atoms with Gasteiger partial charge in [-0.25, -0.2) is 0 Å². The monoisotopic (exact) mass is 306 g/mol. The van der Waals surface area contributed by atoms with Crippen molar-refractivity contribution in [3.05, 3.63) is 43.7 Å². The highest BCUT2D eigenvalue weighted by Crippen LogP contribution is 2.36. The summed E-state index contributed by atoms with van der Waals surface area (Å²) < 4.78 is 0. The molecule has 2 aromatic rings. The normalized spacial score (nSPS) is 13.0. The first-order chi connectivity index (χ1) is 6.77. The van der Waals surface area contributed by atoms with E-state index in [1.165, 1.54) is 9.75 Å². The van der Waals surface area contributed by atoms with Crippen molar-refractivity contribution in [2.45, 2.75) is 11.2 Å². The lowest BCUT2D eigenvalue weighted by atomic mass is 10.2. The van der Waals surface area contributed by atoms with Gasteiger partial charge in [0.25, 0.3) is 0 Å². The topological polar surface area (TPSA) is 0 Å². The van der Waals surface area contributed by atoms with Crippen LogP contribution >= 0.6 is 50.2 Å². The van der Waals surface area contributed by atoms with E-state index in [4.69, 9.17) is 11.6 Å². The van der Waals surface area contributed by atoms with Crippen molar-refractivity contribution in [3.63, 3.8) is 0 Å². The summed E-state index contributed by atoms with van der Waals surface area (Å²) in [6.45, 7) is 0. The fourth-order valence-corrected chi connectivity index (χ4v) is 4.41. The molecule has 2 heterocycles. The van der Waals surface area contributed by atoms with Gasteiger partial charge in [-0.2, -0.15) is 0 Å². The molecule has 0 aliphatic heterocycles. The predicted octanol–water partition coefficient (Wildman–Crippen LogP) is 5.14. The largest absolute Gasteiger partial charge is 0.149 e. The van der Waals surface area contributed by atoms with Crippen molar-refractivity contribution in [3.8, 4) is 0 Å². The molecule has 0 aliphatic rings. The van der Waals surface area contributed by atoms with Gasteiger partial charge in [0.05, 0.1) is 9.85 Å². The summed E-state index contributed by atoms with van der Waals surface area (Å²) in [4.78, 5) is 2.95. The fraction of sp³-hybridized carbons (Fsp3) is 0.200. The number of halogens is 2. The van der Waals surface area contributed by atoms with Gasteiger partial charge >= 0.3 is 0 Å². The molecule has 0 N–H and O–H groups in total. The van der Waals surface area contributed by atoms with Crippen LogP contribution in [0.4, 0.5) is 0 Å². The molecule has 0 radical (unpaired) electrons. The third-order valence-corrected chi connectivity index (χ3v) is 5.35. The summed E-state index contributed by atoms with van der Waals surface area (Å²) in [7, 11) is 0. The number of alkyl halides is 1. The van der Waals surface area contributed by atoms with Crippen LogP contribution in [0.3, 0.4) is 0 Å². The van der Waals surface area contributed by atoms with Crippen molar-refractivity contribution >= 4 is 50.2 Å². The van der Waals surface area contributed by atoms with Gasteiger partial charge in [-0.15, -0.1) is 22.7 Å². The minimum absolute atomic E-state index is 0.341. The Labute approximate surface area is 105 Å². The molecule has 14 heavy (non-hydrogen) atoms. The molecule has 0 amide bonds. The molecule has 0 saturated heterocycles. The van der Waals surface area contributed by atoms with Crippen molar-refractivity contribution in [1.29, 1.82) is 0 Å². The molecular formula is C10H8BrClS2. The van der Waals surface area contributed by atoms with E-state index in [1.807, 2.05) is 11.4 Å². The lowest BCUT2D eigenvalue weighted by molar-refractivity contribution is 0.992. The Morgan fingerprint density at radius 2 is 2.14 bits per heavy atom. The van der Waals surface area contributed by atoms with E-state index in [1.54, 1.807) is 22.7 Å². The molecule has 0 nitrogen and oxygen atoms in total. The minimum Gasteiger partial charge on any atom is -0.149 e. The molecular weight excluding hydrogens is 300 g/mol. The third-order valence-electron chi connectivity index (χ3n) is 1.89. The highest BCUT2D eigenvalue weighted by molar-refractivity contribution is 9.09. The minimum atomic E-state index is 0.341. The molecule has 74 valence electrons. The van der Waals surface area contributed by atoms with Crippen LogP contribution in [-0.2, 0) is 6.42 Å². The first-order valence-electron chi connectivity index (χ1n) is 4.16. The quantitative estimate of drug-likeness (QED) is 0.689. The molecule has 2 rings (SSSR count). The van der Waals surface area contributed by atoms with Crippen LogP contribution in [0.15, 0.2) is 29.0 Å². The summed E-state index contributed by atoms with van der Waals surface area (Å²) in [5.41, 5.74) is 0. The highest BCUT2D eigenvalue weighted by atomic mass is 79.9. The number of hydrogen-bond acceptors (Lipinski definition) is 2. The first-order valence-corrected chi connectivity index (χ1v) is 7.22. The Morgan fingerprint density at radius 3 is 2.71 bits per heavy atom. The molecule has 0 bridgehead atoms. The van der Waals surface area contributed by atoms with Crippen LogP contribution in [0.5, 0.6) is 0 Å². The Kier molecular flexibility index (Phi) is 3.66. The fourth-order valence-electron chi connectivity index (χ4n) is 1.23. The first kappa shape index (κ1) is 10.7. The summed E-state index contributed by atoms with van der Waals surface area (Å²) >= 11 is 13.2. The Bertz CT molecular complexity index is 394. The molecule has 2 aromatic heterocycles. The standard InChI is InChI=1S/C10H8BrClS2/c11-8(6-7-2-1-4-13-7)10-9(12)3-5-14-10/h1-5,8H,6H2. The number of rotatable bonds is 3. The van der Waals surface area contributed by atoms with Gasteiger partial charge in [0, 0.05) is 9.75 Å². The van der Waals surface area contributed by atoms with E-state index >= 15 is 0 Å². The van der Waals surface area contributed by atoms with Gasteiger partial charge in [-0.1, -0.05) is 33.6 Å². The van der Waals surface area contributed by atoms with E-state index in [9.17, 15) is 0 Å². The van der Waals surface area contributed by atoms with Gasteiger partial charge in [0.2, 0.25) is 0 Å². The van der Waals surface area contributed by atoms with E-state index in [0.717, 1.165) is 11.4 Å². The molecule has 0 saturated carbocycles. The van der Waals surface area contributed by atoms with Crippen LogP contribution in [0.2, 0.25) is 5.02 Å². The van der Waals surface area contributed by atoms with Gasteiger partial charge in [0.1, 0.15) is 0 Å². The van der Waals surface area contributed by atoms with Gasteiger partial charge < -0.3 is 0 Å². The predicted molar refractivity (Wildman–Crippen MR) is 69.0 cm³/mol. The Morgan fingerprint density at radius 1 is 1.29 bits per heavy atom. The number of thiophene rings is 2. The SMILES string of the molecule is Clc1ccsc1C(Br)Cc1cccs1.